The van der Waals surface area contributed by atoms with Crippen LogP contribution in [0.4, 0.5) is 5.69 Å². The third-order valence-corrected chi connectivity index (χ3v) is 3.26. The quantitative estimate of drug-likeness (QED) is 0.478. The summed E-state index contributed by atoms with van der Waals surface area (Å²) >= 11 is 1.41. The van der Waals surface area contributed by atoms with Crippen LogP contribution in [0.5, 0.6) is 0 Å². The van der Waals surface area contributed by atoms with E-state index in [4.69, 9.17) is 5.21 Å². The van der Waals surface area contributed by atoms with Crippen LogP contribution in [0.15, 0.2) is 29.2 Å². The highest BCUT2D eigenvalue weighted by Crippen LogP contribution is 2.25. The minimum atomic E-state index is -0.387. The van der Waals surface area contributed by atoms with Crippen molar-refractivity contribution in [2.75, 3.05) is 19.0 Å². The Morgan fingerprint density at radius 2 is 1.94 bits per heavy atom. The van der Waals surface area contributed by atoms with E-state index in [1.807, 2.05) is 43.3 Å². The minimum Gasteiger partial charge on any atom is -0.378 e. The van der Waals surface area contributed by atoms with Crippen LogP contribution >= 0.6 is 11.8 Å². The molecule has 1 rings (SSSR count). The molecular formula is C11H16N2O2S. The number of hydrogen-bond donors (Lipinski definition) is 2. The number of carbonyl (C=O) groups excluding carboxylic acids is 1. The fourth-order valence-electron chi connectivity index (χ4n) is 1.17. The van der Waals surface area contributed by atoms with E-state index < -0.39 is 0 Å². The lowest BCUT2D eigenvalue weighted by Gasteiger charge is -2.13. The minimum absolute atomic E-state index is 0.310. The molecule has 0 radical (unpaired) electrons. The zero-order valence-corrected chi connectivity index (χ0v) is 10.4. The number of thioether (sulfide) groups is 1. The van der Waals surface area contributed by atoms with Crippen LogP contribution in [0, 0.1) is 0 Å². The number of hydroxylamine groups is 1. The van der Waals surface area contributed by atoms with E-state index >= 15 is 0 Å². The molecule has 16 heavy (non-hydrogen) atoms. The molecule has 5 heteroatoms. The van der Waals surface area contributed by atoms with Crippen molar-refractivity contribution < 1.29 is 10.0 Å². The standard InChI is InChI=1S/C11H16N2O2S/c1-8(11(14)12-15)16-10-6-4-9(5-7-10)13(2)3/h4-8,15H,1-3H3,(H,12,14). The summed E-state index contributed by atoms with van der Waals surface area (Å²) in [4.78, 5) is 14.1. The van der Waals surface area contributed by atoms with Gasteiger partial charge in [0.05, 0.1) is 5.25 Å². The number of amides is 1. The largest absolute Gasteiger partial charge is 0.378 e. The molecule has 0 aromatic heterocycles. The molecule has 0 saturated heterocycles. The zero-order chi connectivity index (χ0) is 12.1. The normalized spacial score (nSPS) is 12.0. The monoisotopic (exact) mass is 240 g/mol. The van der Waals surface area contributed by atoms with Gasteiger partial charge in [0.2, 0.25) is 0 Å². The van der Waals surface area contributed by atoms with Crippen LogP contribution in [-0.4, -0.2) is 30.5 Å². The number of nitrogens with zero attached hydrogens (tertiary/aromatic N) is 1. The van der Waals surface area contributed by atoms with Crippen LogP contribution in [0.3, 0.4) is 0 Å². The highest BCUT2D eigenvalue weighted by molar-refractivity contribution is 8.00. The average molecular weight is 240 g/mol. The van der Waals surface area contributed by atoms with Crippen molar-refractivity contribution in [2.45, 2.75) is 17.1 Å². The van der Waals surface area contributed by atoms with Crippen molar-refractivity contribution in [3.8, 4) is 0 Å². The summed E-state index contributed by atoms with van der Waals surface area (Å²) in [5.74, 6) is -0.387. The molecule has 0 heterocycles. The first-order valence-corrected chi connectivity index (χ1v) is 5.80. The lowest BCUT2D eigenvalue weighted by Crippen LogP contribution is -2.27. The van der Waals surface area contributed by atoms with E-state index in [0.29, 0.717) is 0 Å². The summed E-state index contributed by atoms with van der Waals surface area (Å²) in [6, 6.07) is 7.90. The van der Waals surface area contributed by atoms with Gasteiger partial charge in [-0.05, 0) is 31.2 Å². The second-order valence-corrected chi connectivity index (χ2v) is 5.04. The first-order valence-electron chi connectivity index (χ1n) is 4.92. The predicted octanol–water partition coefficient (Wildman–Crippen LogP) is 1.74. The van der Waals surface area contributed by atoms with E-state index in [-0.39, 0.29) is 11.2 Å². The summed E-state index contributed by atoms with van der Waals surface area (Å²) < 4.78 is 0. The molecule has 1 aromatic carbocycles. The zero-order valence-electron chi connectivity index (χ0n) is 9.60. The van der Waals surface area contributed by atoms with Crippen LogP contribution < -0.4 is 10.4 Å². The van der Waals surface area contributed by atoms with Gasteiger partial charge in [0, 0.05) is 24.7 Å². The van der Waals surface area contributed by atoms with Gasteiger partial charge in [-0.1, -0.05) is 0 Å². The van der Waals surface area contributed by atoms with Crippen molar-refractivity contribution in [1.82, 2.24) is 5.48 Å². The fourth-order valence-corrected chi connectivity index (χ4v) is 2.03. The van der Waals surface area contributed by atoms with E-state index in [0.717, 1.165) is 10.6 Å². The fraction of sp³-hybridized carbons (Fsp3) is 0.364. The first-order chi connectivity index (χ1) is 7.54. The summed E-state index contributed by atoms with van der Waals surface area (Å²) in [5.41, 5.74) is 2.76. The van der Waals surface area contributed by atoms with Crippen molar-refractivity contribution >= 4 is 23.4 Å². The summed E-state index contributed by atoms with van der Waals surface area (Å²) in [6.45, 7) is 1.75. The van der Waals surface area contributed by atoms with Crippen LogP contribution in [0.1, 0.15) is 6.92 Å². The number of benzene rings is 1. The molecule has 0 spiro atoms. The molecule has 1 atom stereocenters. The Balaban J connectivity index is 2.65. The SMILES string of the molecule is CC(Sc1ccc(N(C)C)cc1)C(=O)NO. The molecule has 88 valence electrons. The molecule has 0 bridgehead atoms. The van der Waals surface area contributed by atoms with E-state index in [1.165, 1.54) is 11.8 Å². The molecule has 0 saturated carbocycles. The Labute approximate surface area is 99.6 Å². The lowest BCUT2D eigenvalue weighted by atomic mass is 10.3. The Bertz CT molecular complexity index is 352. The Hall–Kier alpha value is -1.20. The molecular weight excluding hydrogens is 224 g/mol. The van der Waals surface area contributed by atoms with E-state index in [1.54, 1.807) is 12.4 Å². The van der Waals surface area contributed by atoms with Crippen LogP contribution in [0.2, 0.25) is 0 Å². The Kier molecular flexibility index (Phi) is 4.64. The topological polar surface area (TPSA) is 52.6 Å². The summed E-state index contributed by atoms with van der Waals surface area (Å²) in [7, 11) is 3.95. The van der Waals surface area contributed by atoms with Gasteiger partial charge in [-0.25, -0.2) is 5.48 Å². The molecule has 0 aliphatic rings. The van der Waals surface area contributed by atoms with Gasteiger partial charge in [0.15, 0.2) is 0 Å². The van der Waals surface area contributed by atoms with Gasteiger partial charge in [-0.15, -0.1) is 11.8 Å². The molecule has 1 unspecified atom stereocenters. The summed E-state index contributed by atoms with van der Waals surface area (Å²) in [5, 5.41) is 8.17. The maximum atomic E-state index is 11.1. The van der Waals surface area contributed by atoms with Crippen molar-refractivity contribution in [1.29, 1.82) is 0 Å². The number of hydrogen-bond acceptors (Lipinski definition) is 4. The van der Waals surface area contributed by atoms with Gasteiger partial charge < -0.3 is 4.90 Å². The Morgan fingerprint density at radius 1 is 1.38 bits per heavy atom. The first kappa shape index (κ1) is 12.9. The lowest BCUT2D eigenvalue weighted by molar-refractivity contribution is -0.128. The maximum absolute atomic E-state index is 11.1. The molecule has 0 aliphatic heterocycles. The van der Waals surface area contributed by atoms with Crippen molar-refractivity contribution in [3.63, 3.8) is 0 Å². The van der Waals surface area contributed by atoms with Gasteiger partial charge in [0.1, 0.15) is 0 Å². The summed E-state index contributed by atoms with van der Waals surface area (Å²) in [6.07, 6.45) is 0. The van der Waals surface area contributed by atoms with Crippen molar-refractivity contribution in [3.05, 3.63) is 24.3 Å². The van der Waals surface area contributed by atoms with Crippen molar-refractivity contribution in [2.24, 2.45) is 0 Å². The third-order valence-electron chi connectivity index (χ3n) is 2.15. The third kappa shape index (κ3) is 3.43. The van der Waals surface area contributed by atoms with Crippen LogP contribution in [-0.2, 0) is 4.79 Å². The maximum Gasteiger partial charge on any atom is 0.256 e. The molecule has 1 amide bonds. The average Bonchev–Trinajstić information content (AvgIpc) is 2.28. The second kappa shape index (κ2) is 5.77. The van der Waals surface area contributed by atoms with E-state index in [2.05, 4.69) is 0 Å². The smallest absolute Gasteiger partial charge is 0.256 e. The van der Waals surface area contributed by atoms with Crippen LogP contribution in [0.25, 0.3) is 0 Å². The van der Waals surface area contributed by atoms with Gasteiger partial charge in [-0.2, -0.15) is 0 Å². The molecule has 0 aliphatic carbocycles. The molecule has 1 aromatic rings. The van der Waals surface area contributed by atoms with Gasteiger partial charge in [-0.3, -0.25) is 10.0 Å². The number of rotatable bonds is 4. The molecule has 2 N–H and O–H groups in total. The number of nitrogens with one attached hydrogen (secondary N) is 1. The van der Waals surface area contributed by atoms with E-state index in [9.17, 15) is 4.79 Å². The molecule has 4 nitrogen and oxygen atoms in total. The van der Waals surface area contributed by atoms with Gasteiger partial charge in [0.25, 0.3) is 5.91 Å². The predicted molar refractivity (Wildman–Crippen MR) is 66.0 cm³/mol. The number of carbonyl (C=O) groups is 1. The second-order valence-electron chi connectivity index (χ2n) is 3.62. The highest BCUT2D eigenvalue weighted by Gasteiger charge is 2.12. The number of anilines is 1. The van der Waals surface area contributed by atoms with Gasteiger partial charge >= 0.3 is 0 Å². The Morgan fingerprint density at radius 3 is 2.38 bits per heavy atom. The molecule has 0 fully saturated rings. The highest BCUT2D eigenvalue weighted by atomic mass is 32.2.